The molecule has 1 N–H and O–H groups in total. The number of anilines is 1. The Balaban J connectivity index is 1.50. The zero-order valence-electron chi connectivity index (χ0n) is 19.5. The zero-order valence-corrected chi connectivity index (χ0v) is 20.4. The van der Waals surface area contributed by atoms with Crippen LogP contribution < -0.4 is 9.64 Å². The summed E-state index contributed by atoms with van der Waals surface area (Å²) in [6, 6.07) is 16.4. The van der Waals surface area contributed by atoms with Crippen molar-refractivity contribution < 1.29 is 19.4 Å². The van der Waals surface area contributed by atoms with Gasteiger partial charge in [0.2, 0.25) is 0 Å². The van der Waals surface area contributed by atoms with E-state index in [-0.39, 0.29) is 0 Å². The molecule has 3 aromatic rings. The van der Waals surface area contributed by atoms with Gasteiger partial charge in [0.1, 0.15) is 12.4 Å². The fourth-order valence-corrected chi connectivity index (χ4v) is 4.68. The van der Waals surface area contributed by atoms with Crippen LogP contribution in [0.4, 0.5) is 5.69 Å². The van der Waals surface area contributed by atoms with Crippen LogP contribution in [0.5, 0.6) is 5.75 Å². The Morgan fingerprint density at radius 2 is 1.88 bits per heavy atom. The van der Waals surface area contributed by atoms with Crippen molar-refractivity contribution in [3.63, 3.8) is 0 Å². The molecule has 0 amide bonds. The minimum Gasteiger partial charge on any atom is -0.491 e. The van der Waals surface area contributed by atoms with Crippen LogP contribution >= 0.6 is 11.3 Å². The number of hydrogen-bond acceptors (Lipinski definition) is 5. The lowest BCUT2D eigenvalue weighted by atomic mass is 10.00. The molecule has 0 aliphatic carbocycles. The number of carboxylic acid groups (broad SMARTS) is 1. The third-order valence-electron chi connectivity index (χ3n) is 5.90. The summed E-state index contributed by atoms with van der Waals surface area (Å²) in [7, 11) is 0. The molecule has 178 valence electrons. The van der Waals surface area contributed by atoms with E-state index in [1.807, 2.05) is 30.3 Å². The highest BCUT2D eigenvalue weighted by Crippen LogP contribution is 2.34. The van der Waals surface area contributed by atoms with Crippen LogP contribution in [-0.2, 0) is 16.1 Å². The van der Waals surface area contributed by atoms with Crippen molar-refractivity contribution in [2.75, 3.05) is 31.3 Å². The number of carboxylic acids is 1. The van der Waals surface area contributed by atoms with Gasteiger partial charge < -0.3 is 19.5 Å². The van der Waals surface area contributed by atoms with Gasteiger partial charge in [0.15, 0.2) is 0 Å². The lowest BCUT2D eigenvalue weighted by Gasteiger charge is -2.25. The second-order valence-corrected chi connectivity index (χ2v) is 9.17. The van der Waals surface area contributed by atoms with Crippen molar-refractivity contribution >= 4 is 29.1 Å². The lowest BCUT2D eigenvalue weighted by Crippen LogP contribution is -2.24. The lowest BCUT2D eigenvalue weighted by molar-refractivity contribution is -0.132. The molecule has 4 rings (SSSR count). The molecule has 0 radical (unpaired) electrons. The maximum atomic E-state index is 11.8. The molecular weight excluding hydrogens is 446 g/mol. The van der Waals surface area contributed by atoms with E-state index in [1.54, 1.807) is 11.3 Å². The summed E-state index contributed by atoms with van der Waals surface area (Å²) in [5, 5.41) is 13.9. The molecule has 2 aromatic carbocycles. The predicted octanol–water partition coefficient (Wildman–Crippen LogP) is 6.49. The average molecular weight is 478 g/mol. The number of ether oxygens (including phenoxy) is 2. The molecule has 1 aliphatic rings. The minimum atomic E-state index is -0.853. The first kappa shape index (κ1) is 24.0. The van der Waals surface area contributed by atoms with Crippen molar-refractivity contribution in [1.82, 2.24) is 0 Å². The third-order valence-corrected chi connectivity index (χ3v) is 6.64. The minimum absolute atomic E-state index is 0.441. The summed E-state index contributed by atoms with van der Waals surface area (Å²) in [4.78, 5) is 14.1. The van der Waals surface area contributed by atoms with Gasteiger partial charge in [-0.1, -0.05) is 31.5 Å². The van der Waals surface area contributed by atoms with E-state index < -0.39 is 5.97 Å². The van der Waals surface area contributed by atoms with E-state index in [4.69, 9.17) is 9.47 Å². The molecule has 2 heterocycles. The Labute approximate surface area is 205 Å². The van der Waals surface area contributed by atoms with Crippen LogP contribution in [0.2, 0.25) is 0 Å². The first-order chi connectivity index (χ1) is 16.6. The predicted molar refractivity (Wildman–Crippen MR) is 139 cm³/mol. The Morgan fingerprint density at radius 1 is 1.06 bits per heavy atom. The normalized spacial score (nSPS) is 13.2. The van der Waals surface area contributed by atoms with E-state index >= 15 is 0 Å². The van der Waals surface area contributed by atoms with Gasteiger partial charge in [-0.2, -0.15) is 11.3 Å². The fraction of sp³-hybridized carbons (Fsp3) is 0.321. The highest BCUT2D eigenvalue weighted by atomic mass is 32.1. The molecule has 0 spiro atoms. The fourth-order valence-electron chi connectivity index (χ4n) is 4.02. The number of unbranched alkanes of at least 4 members (excludes halogenated alkanes) is 1. The molecule has 0 bridgehead atoms. The quantitative estimate of drug-likeness (QED) is 0.320. The molecule has 0 saturated carbocycles. The Morgan fingerprint density at radius 3 is 2.62 bits per heavy atom. The van der Waals surface area contributed by atoms with Crippen molar-refractivity contribution in [3.8, 4) is 16.9 Å². The van der Waals surface area contributed by atoms with Crippen molar-refractivity contribution in [1.29, 1.82) is 0 Å². The summed E-state index contributed by atoms with van der Waals surface area (Å²) >= 11 is 1.68. The maximum Gasteiger partial charge on any atom is 0.331 e. The monoisotopic (exact) mass is 477 g/mol. The third kappa shape index (κ3) is 6.27. The summed E-state index contributed by atoms with van der Waals surface area (Å²) in [5.74, 6) is -0.0403. The van der Waals surface area contributed by atoms with Crippen molar-refractivity contribution in [2.45, 2.75) is 32.7 Å². The van der Waals surface area contributed by atoms with E-state index in [1.165, 1.54) is 5.56 Å². The standard InChI is InChI=1S/C28H31NO4S/c1-2-3-13-32-14-15-33-26-7-4-22(5-8-26)23-6-9-27-25(17-23)18-24(28(30)31)10-12-29(27)19-21-11-16-34-20-21/h4-9,11,16-18,20H,2-3,10,12-15,19H2,1H3,(H,30,31). The molecule has 0 unspecified atom stereocenters. The van der Waals surface area contributed by atoms with Gasteiger partial charge in [-0.15, -0.1) is 0 Å². The number of nitrogens with zero attached hydrogens (tertiary/aromatic N) is 1. The first-order valence-corrected chi connectivity index (χ1v) is 12.7. The van der Waals surface area contributed by atoms with Crippen molar-refractivity contribution in [3.05, 3.63) is 76.0 Å². The number of benzene rings is 2. The van der Waals surface area contributed by atoms with E-state index in [9.17, 15) is 9.90 Å². The Bertz CT molecular complexity index is 1110. The molecule has 0 saturated heterocycles. The van der Waals surface area contributed by atoms with Gasteiger partial charge in [0.25, 0.3) is 0 Å². The SMILES string of the molecule is CCCCOCCOc1ccc(-c2ccc3c(c2)C=C(C(=O)O)CCN3Cc2ccsc2)cc1. The van der Waals surface area contributed by atoms with Crippen LogP contribution in [0.25, 0.3) is 17.2 Å². The highest BCUT2D eigenvalue weighted by Gasteiger charge is 2.20. The number of fused-ring (bicyclic) bond motifs is 1. The number of rotatable bonds is 11. The van der Waals surface area contributed by atoms with Gasteiger partial charge in [0.05, 0.1) is 6.61 Å². The first-order valence-electron chi connectivity index (χ1n) is 11.8. The number of thiophene rings is 1. The molecule has 0 fully saturated rings. The average Bonchev–Trinajstić information content (AvgIpc) is 3.29. The molecule has 1 aromatic heterocycles. The number of carbonyl (C=O) groups is 1. The largest absolute Gasteiger partial charge is 0.491 e. The number of aliphatic carboxylic acids is 1. The van der Waals surface area contributed by atoms with E-state index in [2.05, 4.69) is 46.8 Å². The Kier molecular flexibility index (Phi) is 8.39. The molecule has 6 heteroatoms. The van der Waals surface area contributed by atoms with Crippen LogP contribution in [0.3, 0.4) is 0 Å². The van der Waals surface area contributed by atoms with Gasteiger partial charge >= 0.3 is 5.97 Å². The highest BCUT2D eigenvalue weighted by molar-refractivity contribution is 7.07. The van der Waals surface area contributed by atoms with E-state index in [0.29, 0.717) is 31.8 Å². The van der Waals surface area contributed by atoms with Crippen LogP contribution in [0, 0.1) is 0 Å². The van der Waals surface area contributed by atoms with Gasteiger partial charge in [-0.3, -0.25) is 0 Å². The van der Waals surface area contributed by atoms with Crippen LogP contribution in [-0.4, -0.2) is 37.4 Å². The second-order valence-electron chi connectivity index (χ2n) is 8.39. The molecule has 1 aliphatic heterocycles. The number of hydrogen-bond donors (Lipinski definition) is 1. The van der Waals surface area contributed by atoms with Crippen LogP contribution in [0.15, 0.2) is 64.9 Å². The molecular formula is C28H31NO4S. The van der Waals surface area contributed by atoms with Gasteiger partial charge in [-0.05, 0) is 82.3 Å². The van der Waals surface area contributed by atoms with Crippen LogP contribution in [0.1, 0.15) is 37.3 Å². The maximum absolute atomic E-state index is 11.8. The summed E-state index contributed by atoms with van der Waals surface area (Å²) in [6.45, 7) is 5.49. The Hall–Kier alpha value is -3.09. The second kappa shape index (κ2) is 11.9. The van der Waals surface area contributed by atoms with E-state index in [0.717, 1.165) is 54.1 Å². The molecule has 5 nitrogen and oxygen atoms in total. The van der Waals surface area contributed by atoms with Gasteiger partial charge in [-0.25, -0.2) is 4.79 Å². The summed E-state index contributed by atoms with van der Waals surface area (Å²) < 4.78 is 11.3. The zero-order chi connectivity index (χ0) is 23.8. The summed E-state index contributed by atoms with van der Waals surface area (Å²) in [6.07, 6.45) is 4.54. The van der Waals surface area contributed by atoms with Gasteiger partial charge in [0, 0.05) is 31.0 Å². The summed E-state index contributed by atoms with van der Waals surface area (Å²) in [5.41, 5.74) is 5.79. The molecule has 34 heavy (non-hydrogen) atoms. The smallest absolute Gasteiger partial charge is 0.331 e. The topological polar surface area (TPSA) is 59.0 Å². The molecule has 0 atom stereocenters. The van der Waals surface area contributed by atoms with Crippen molar-refractivity contribution in [2.24, 2.45) is 0 Å².